The lowest BCUT2D eigenvalue weighted by Crippen LogP contribution is -2.55. The van der Waals surface area contributed by atoms with Gasteiger partial charge in [-0.1, -0.05) is 23.7 Å². The summed E-state index contributed by atoms with van der Waals surface area (Å²) >= 11 is 6.09. The first-order valence-electron chi connectivity index (χ1n) is 9.63. The predicted molar refractivity (Wildman–Crippen MR) is 108 cm³/mol. The van der Waals surface area contributed by atoms with E-state index in [1.54, 1.807) is 4.90 Å². The molecule has 27 heavy (non-hydrogen) atoms. The Morgan fingerprint density at radius 3 is 2.59 bits per heavy atom. The van der Waals surface area contributed by atoms with Crippen LogP contribution in [0.15, 0.2) is 24.3 Å². The van der Waals surface area contributed by atoms with E-state index in [1.165, 1.54) is 0 Å². The summed E-state index contributed by atoms with van der Waals surface area (Å²) in [7, 11) is 0. The minimum absolute atomic E-state index is 0.0129. The van der Waals surface area contributed by atoms with Gasteiger partial charge in [0.2, 0.25) is 5.91 Å². The second kappa shape index (κ2) is 8.96. The average Bonchev–Trinajstić information content (AvgIpc) is 2.57. The van der Waals surface area contributed by atoms with E-state index in [0.29, 0.717) is 24.5 Å². The topological polar surface area (TPSA) is 49.9 Å². The molecule has 6 heteroatoms. The first kappa shape index (κ1) is 21.5. The molecule has 1 atom stereocenters. The maximum atomic E-state index is 13.4. The quantitative estimate of drug-likeness (QED) is 0.732. The van der Waals surface area contributed by atoms with Gasteiger partial charge in [-0.05, 0) is 71.6 Å². The molecule has 0 aromatic heterocycles. The second-order valence-corrected chi connectivity index (χ2v) is 8.81. The van der Waals surface area contributed by atoms with Crippen LogP contribution in [0.25, 0.3) is 0 Å². The lowest BCUT2D eigenvalue weighted by atomic mass is 10.0. The Kier molecular flexibility index (Phi) is 7.15. The third-order valence-electron chi connectivity index (χ3n) is 4.56. The van der Waals surface area contributed by atoms with Crippen molar-refractivity contribution in [2.45, 2.75) is 78.1 Å². The number of nitrogens with zero attached hydrogens (tertiary/aromatic N) is 2. The third kappa shape index (κ3) is 6.13. The number of rotatable bonds is 4. The highest BCUT2D eigenvalue weighted by molar-refractivity contribution is 6.30. The summed E-state index contributed by atoms with van der Waals surface area (Å²) in [5, 5.41) is 0.650. The van der Waals surface area contributed by atoms with Crippen LogP contribution >= 0.6 is 11.6 Å². The van der Waals surface area contributed by atoms with Crippen LogP contribution in [0, 0.1) is 0 Å². The molecule has 1 aromatic carbocycles. The first-order valence-corrected chi connectivity index (χ1v) is 10.0. The molecule has 1 saturated heterocycles. The molecule has 0 bridgehead atoms. The molecule has 1 fully saturated rings. The van der Waals surface area contributed by atoms with Crippen molar-refractivity contribution in [3.05, 3.63) is 34.9 Å². The zero-order chi connectivity index (χ0) is 20.2. The Labute approximate surface area is 167 Å². The van der Waals surface area contributed by atoms with Crippen molar-refractivity contribution in [1.29, 1.82) is 0 Å². The van der Waals surface area contributed by atoms with Crippen LogP contribution in [-0.4, -0.2) is 46.0 Å². The molecule has 150 valence electrons. The Hall–Kier alpha value is -1.75. The summed E-state index contributed by atoms with van der Waals surface area (Å²) in [5.41, 5.74) is 0.393. The number of hydrogen-bond donors (Lipinski definition) is 0. The number of carbonyl (C=O) groups is 2. The van der Waals surface area contributed by atoms with Crippen molar-refractivity contribution in [1.82, 2.24) is 9.80 Å². The summed E-state index contributed by atoms with van der Waals surface area (Å²) in [6.45, 7) is 10.5. The van der Waals surface area contributed by atoms with Crippen molar-refractivity contribution in [3.63, 3.8) is 0 Å². The van der Waals surface area contributed by atoms with Crippen LogP contribution in [0.4, 0.5) is 4.79 Å². The summed E-state index contributed by atoms with van der Waals surface area (Å²) in [6, 6.07) is 7.07. The highest BCUT2D eigenvalue weighted by Crippen LogP contribution is 2.24. The molecule has 0 saturated carbocycles. The Morgan fingerprint density at radius 2 is 2.00 bits per heavy atom. The molecule has 5 nitrogen and oxygen atoms in total. The smallest absolute Gasteiger partial charge is 0.410 e. The monoisotopic (exact) mass is 394 g/mol. The SMILES string of the molecule is CC(C)N(Cc1cccc(Cl)c1)C(=O)[C@@H]1CCCCN1C(=O)OC(C)(C)C. The molecule has 0 unspecified atom stereocenters. The zero-order valence-electron chi connectivity index (χ0n) is 17.0. The molecule has 0 N–H and O–H groups in total. The third-order valence-corrected chi connectivity index (χ3v) is 4.80. The summed E-state index contributed by atoms with van der Waals surface area (Å²) < 4.78 is 5.53. The molecule has 0 aliphatic carbocycles. The van der Waals surface area contributed by atoms with E-state index in [4.69, 9.17) is 16.3 Å². The van der Waals surface area contributed by atoms with Gasteiger partial charge in [0, 0.05) is 24.2 Å². The van der Waals surface area contributed by atoms with Crippen molar-refractivity contribution in [2.75, 3.05) is 6.54 Å². The van der Waals surface area contributed by atoms with Gasteiger partial charge >= 0.3 is 6.09 Å². The molecule has 2 rings (SSSR count). The lowest BCUT2D eigenvalue weighted by Gasteiger charge is -2.39. The molecule has 0 spiro atoms. The van der Waals surface area contributed by atoms with Crippen LogP contribution in [0.2, 0.25) is 5.02 Å². The van der Waals surface area contributed by atoms with Crippen LogP contribution in [0.3, 0.4) is 0 Å². The van der Waals surface area contributed by atoms with Gasteiger partial charge in [0.05, 0.1) is 0 Å². The summed E-state index contributed by atoms with van der Waals surface area (Å²) in [5.74, 6) is -0.0319. The number of halogens is 1. The van der Waals surface area contributed by atoms with Crippen LogP contribution < -0.4 is 0 Å². The number of likely N-dealkylation sites (tertiary alicyclic amines) is 1. The van der Waals surface area contributed by atoms with Crippen molar-refractivity contribution in [2.24, 2.45) is 0 Å². The Balaban J connectivity index is 2.19. The average molecular weight is 395 g/mol. The minimum Gasteiger partial charge on any atom is -0.444 e. The van der Waals surface area contributed by atoms with Crippen LogP contribution in [-0.2, 0) is 16.1 Å². The molecule has 1 aromatic rings. The van der Waals surface area contributed by atoms with Crippen molar-refractivity contribution >= 4 is 23.6 Å². The standard InChI is InChI=1S/C21H31ClN2O3/c1-15(2)24(14-16-9-8-10-17(22)13-16)19(25)18-11-6-7-12-23(18)20(26)27-21(3,4)5/h8-10,13,15,18H,6-7,11-12,14H2,1-5H3/t18-/m0/s1. The molecule has 1 heterocycles. The largest absolute Gasteiger partial charge is 0.444 e. The van der Waals surface area contributed by atoms with E-state index in [1.807, 2.05) is 63.8 Å². The van der Waals surface area contributed by atoms with Gasteiger partial charge in [-0.3, -0.25) is 9.69 Å². The highest BCUT2D eigenvalue weighted by atomic mass is 35.5. The maximum absolute atomic E-state index is 13.4. The lowest BCUT2D eigenvalue weighted by molar-refractivity contribution is -0.140. The fourth-order valence-corrected chi connectivity index (χ4v) is 3.48. The Morgan fingerprint density at radius 1 is 1.30 bits per heavy atom. The summed E-state index contributed by atoms with van der Waals surface area (Å²) in [6.07, 6.45) is 2.07. The number of amides is 2. The summed E-state index contributed by atoms with van der Waals surface area (Å²) in [4.78, 5) is 29.4. The van der Waals surface area contributed by atoms with Gasteiger partial charge in [-0.2, -0.15) is 0 Å². The number of ether oxygens (including phenoxy) is 1. The van der Waals surface area contributed by atoms with Gasteiger partial charge in [-0.15, -0.1) is 0 Å². The first-order chi connectivity index (χ1) is 12.6. The molecule has 1 aliphatic heterocycles. The predicted octanol–water partition coefficient (Wildman–Crippen LogP) is 4.87. The zero-order valence-corrected chi connectivity index (χ0v) is 17.8. The second-order valence-electron chi connectivity index (χ2n) is 8.38. The van der Waals surface area contributed by atoms with E-state index in [-0.39, 0.29) is 11.9 Å². The molecule has 0 radical (unpaired) electrons. The van der Waals surface area contributed by atoms with Gasteiger partial charge in [-0.25, -0.2) is 4.79 Å². The van der Waals surface area contributed by atoms with Crippen molar-refractivity contribution < 1.29 is 14.3 Å². The maximum Gasteiger partial charge on any atom is 0.410 e. The molecular formula is C21H31ClN2O3. The van der Waals surface area contributed by atoms with E-state index < -0.39 is 17.7 Å². The van der Waals surface area contributed by atoms with E-state index >= 15 is 0 Å². The number of benzene rings is 1. The van der Waals surface area contributed by atoms with Gasteiger partial charge in [0.25, 0.3) is 0 Å². The van der Waals surface area contributed by atoms with E-state index in [0.717, 1.165) is 18.4 Å². The van der Waals surface area contributed by atoms with Gasteiger partial charge in [0.1, 0.15) is 11.6 Å². The van der Waals surface area contributed by atoms with E-state index in [9.17, 15) is 9.59 Å². The van der Waals surface area contributed by atoms with Crippen LogP contribution in [0.1, 0.15) is 59.4 Å². The molecular weight excluding hydrogens is 364 g/mol. The normalized spacial score (nSPS) is 17.7. The van der Waals surface area contributed by atoms with Crippen molar-refractivity contribution in [3.8, 4) is 0 Å². The number of hydrogen-bond acceptors (Lipinski definition) is 3. The van der Waals surface area contributed by atoms with Gasteiger partial charge in [0.15, 0.2) is 0 Å². The van der Waals surface area contributed by atoms with Crippen LogP contribution in [0.5, 0.6) is 0 Å². The fourth-order valence-electron chi connectivity index (χ4n) is 3.27. The fraction of sp³-hybridized carbons (Fsp3) is 0.619. The number of piperidine rings is 1. The van der Waals surface area contributed by atoms with E-state index in [2.05, 4.69) is 0 Å². The van der Waals surface area contributed by atoms with Gasteiger partial charge < -0.3 is 9.64 Å². The highest BCUT2D eigenvalue weighted by Gasteiger charge is 2.37. The minimum atomic E-state index is -0.583. The molecule has 1 aliphatic rings. The number of carbonyl (C=O) groups excluding carboxylic acids is 2. The Bertz CT molecular complexity index is 670. The molecule has 2 amide bonds.